The third kappa shape index (κ3) is 1.65. The zero-order valence-electron chi connectivity index (χ0n) is 10.2. The number of nitrogens with zero attached hydrogens (tertiary/aromatic N) is 2. The number of carbonyl (C=O) groups excluding carboxylic acids is 1. The van der Waals surface area contributed by atoms with Crippen molar-refractivity contribution >= 4 is 5.91 Å². The van der Waals surface area contributed by atoms with Gasteiger partial charge in [-0.25, -0.2) is 0 Å². The molecular formula is C14H18N2O. The summed E-state index contributed by atoms with van der Waals surface area (Å²) in [6.45, 7) is 6.24. The van der Waals surface area contributed by atoms with Crippen LogP contribution in [0.5, 0.6) is 0 Å². The molecule has 1 amide bonds. The van der Waals surface area contributed by atoms with Crippen molar-refractivity contribution in [2.45, 2.75) is 19.4 Å². The van der Waals surface area contributed by atoms with E-state index in [4.69, 9.17) is 0 Å². The molecule has 0 spiro atoms. The van der Waals surface area contributed by atoms with E-state index in [1.54, 1.807) is 0 Å². The molecule has 3 rings (SSSR count). The Hall–Kier alpha value is -1.35. The van der Waals surface area contributed by atoms with E-state index in [0.29, 0.717) is 6.04 Å². The highest BCUT2D eigenvalue weighted by molar-refractivity contribution is 5.99. The van der Waals surface area contributed by atoms with Gasteiger partial charge in [-0.2, -0.15) is 0 Å². The van der Waals surface area contributed by atoms with Crippen LogP contribution in [0, 0.1) is 0 Å². The van der Waals surface area contributed by atoms with Gasteiger partial charge in [-0.15, -0.1) is 0 Å². The van der Waals surface area contributed by atoms with E-state index in [2.05, 4.69) is 17.9 Å². The molecule has 0 radical (unpaired) electrons. The van der Waals surface area contributed by atoms with E-state index in [1.165, 1.54) is 12.0 Å². The molecule has 1 aromatic carbocycles. The quantitative estimate of drug-likeness (QED) is 0.775. The van der Waals surface area contributed by atoms with E-state index in [0.717, 1.165) is 31.7 Å². The van der Waals surface area contributed by atoms with Crippen LogP contribution in [-0.4, -0.2) is 41.9 Å². The smallest absolute Gasteiger partial charge is 0.254 e. The van der Waals surface area contributed by atoms with Crippen molar-refractivity contribution in [2.24, 2.45) is 0 Å². The molecule has 1 aromatic rings. The normalized spacial score (nSPS) is 23.7. The highest BCUT2D eigenvalue weighted by Gasteiger charge is 2.39. The molecule has 0 aliphatic carbocycles. The lowest BCUT2D eigenvalue weighted by molar-refractivity contribution is 0.0525. The summed E-state index contributed by atoms with van der Waals surface area (Å²) in [5.41, 5.74) is 2.13. The van der Waals surface area contributed by atoms with Gasteiger partial charge in [-0.3, -0.25) is 9.69 Å². The molecule has 1 unspecified atom stereocenters. The van der Waals surface area contributed by atoms with Crippen molar-refractivity contribution in [3.63, 3.8) is 0 Å². The van der Waals surface area contributed by atoms with Crippen LogP contribution in [0.25, 0.3) is 0 Å². The van der Waals surface area contributed by atoms with Gasteiger partial charge in [0.05, 0.1) is 6.04 Å². The maximum absolute atomic E-state index is 12.2. The number of hydrogen-bond donors (Lipinski definition) is 0. The van der Waals surface area contributed by atoms with E-state index < -0.39 is 0 Å². The highest BCUT2D eigenvalue weighted by atomic mass is 16.2. The van der Waals surface area contributed by atoms with Crippen molar-refractivity contribution in [2.75, 3.05) is 26.2 Å². The molecule has 0 aromatic heterocycles. The Morgan fingerprint density at radius 3 is 2.94 bits per heavy atom. The molecule has 0 N–H and O–H groups in total. The minimum Gasteiger partial charge on any atom is -0.329 e. The first-order chi connectivity index (χ1) is 8.31. The van der Waals surface area contributed by atoms with Gasteiger partial charge in [-0.1, -0.05) is 25.1 Å². The first kappa shape index (κ1) is 10.8. The predicted octanol–water partition coefficient (Wildman–Crippen LogP) is 1.91. The summed E-state index contributed by atoms with van der Waals surface area (Å²) in [5, 5.41) is 0. The van der Waals surface area contributed by atoms with Gasteiger partial charge in [0.15, 0.2) is 0 Å². The summed E-state index contributed by atoms with van der Waals surface area (Å²) >= 11 is 0. The molecule has 1 fully saturated rings. The second kappa shape index (κ2) is 4.15. The Kier molecular flexibility index (Phi) is 2.63. The summed E-state index contributed by atoms with van der Waals surface area (Å²) < 4.78 is 0. The summed E-state index contributed by atoms with van der Waals surface area (Å²) in [6, 6.07) is 8.35. The molecule has 2 heterocycles. The fraction of sp³-hybridized carbons (Fsp3) is 0.500. The van der Waals surface area contributed by atoms with Gasteiger partial charge in [0.1, 0.15) is 0 Å². The molecule has 2 aliphatic heterocycles. The van der Waals surface area contributed by atoms with Crippen molar-refractivity contribution < 1.29 is 4.79 Å². The Labute approximate surface area is 102 Å². The fourth-order valence-electron chi connectivity index (χ4n) is 3.01. The molecule has 1 atom stereocenters. The van der Waals surface area contributed by atoms with Gasteiger partial charge < -0.3 is 4.90 Å². The predicted molar refractivity (Wildman–Crippen MR) is 67.0 cm³/mol. The number of hydrogen-bond acceptors (Lipinski definition) is 2. The number of amides is 1. The molecular weight excluding hydrogens is 212 g/mol. The molecule has 2 aliphatic rings. The minimum atomic E-state index is 0.224. The molecule has 17 heavy (non-hydrogen) atoms. The van der Waals surface area contributed by atoms with Crippen LogP contribution in [-0.2, 0) is 0 Å². The topological polar surface area (TPSA) is 23.6 Å². The Morgan fingerprint density at radius 1 is 1.29 bits per heavy atom. The van der Waals surface area contributed by atoms with Crippen LogP contribution in [0.2, 0.25) is 0 Å². The number of carbonyl (C=O) groups is 1. The summed E-state index contributed by atoms with van der Waals surface area (Å²) in [5.74, 6) is 0.224. The lowest BCUT2D eigenvalue weighted by Crippen LogP contribution is -2.47. The zero-order valence-corrected chi connectivity index (χ0v) is 10.2. The van der Waals surface area contributed by atoms with Crippen molar-refractivity contribution in [1.29, 1.82) is 0 Å². The standard InChI is InChI=1S/C14H18N2O/c1-2-7-15-8-9-16-13(10-15)11-5-3-4-6-12(11)14(16)17/h3-6,13H,2,7-10H2,1H3. The molecule has 0 bridgehead atoms. The number of rotatable bonds is 2. The molecule has 1 saturated heterocycles. The molecule has 3 nitrogen and oxygen atoms in total. The summed E-state index contributed by atoms with van der Waals surface area (Å²) in [6.07, 6.45) is 1.18. The molecule has 0 saturated carbocycles. The second-order valence-corrected chi connectivity index (χ2v) is 4.90. The van der Waals surface area contributed by atoms with Gasteiger partial charge in [0.2, 0.25) is 0 Å². The minimum absolute atomic E-state index is 0.224. The van der Waals surface area contributed by atoms with E-state index in [9.17, 15) is 4.79 Å². The second-order valence-electron chi connectivity index (χ2n) is 4.90. The van der Waals surface area contributed by atoms with Crippen LogP contribution >= 0.6 is 0 Å². The van der Waals surface area contributed by atoms with Gasteiger partial charge in [0.25, 0.3) is 5.91 Å². The zero-order chi connectivity index (χ0) is 11.8. The average Bonchev–Trinajstić information content (AvgIpc) is 2.65. The monoisotopic (exact) mass is 230 g/mol. The lowest BCUT2D eigenvalue weighted by atomic mass is 10.0. The van der Waals surface area contributed by atoms with Crippen LogP contribution in [0.15, 0.2) is 24.3 Å². The third-order valence-electron chi connectivity index (χ3n) is 3.82. The van der Waals surface area contributed by atoms with Gasteiger partial charge in [0, 0.05) is 25.2 Å². The first-order valence-corrected chi connectivity index (χ1v) is 6.43. The number of piperazine rings is 1. The molecule has 3 heteroatoms. The average molecular weight is 230 g/mol. The Balaban J connectivity index is 1.90. The Morgan fingerprint density at radius 2 is 2.12 bits per heavy atom. The van der Waals surface area contributed by atoms with Crippen LogP contribution in [0.1, 0.15) is 35.3 Å². The SMILES string of the molecule is CCCN1CCN2C(=O)c3ccccc3C2C1. The van der Waals surface area contributed by atoms with Crippen LogP contribution in [0.4, 0.5) is 0 Å². The third-order valence-corrected chi connectivity index (χ3v) is 3.82. The van der Waals surface area contributed by atoms with E-state index >= 15 is 0 Å². The highest BCUT2D eigenvalue weighted by Crippen LogP contribution is 2.35. The largest absolute Gasteiger partial charge is 0.329 e. The van der Waals surface area contributed by atoms with Crippen molar-refractivity contribution in [1.82, 2.24) is 9.80 Å². The van der Waals surface area contributed by atoms with E-state index in [1.807, 2.05) is 23.1 Å². The number of benzene rings is 1. The van der Waals surface area contributed by atoms with Crippen molar-refractivity contribution in [3.05, 3.63) is 35.4 Å². The summed E-state index contributed by atoms with van der Waals surface area (Å²) in [7, 11) is 0. The van der Waals surface area contributed by atoms with Crippen LogP contribution in [0.3, 0.4) is 0 Å². The summed E-state index contributed by atoms with van der Waals surface area (Å²) in [4.78, 5) is 16.7. The first-order valence-electron chi connectivity index (χ1n) is 6.43. The van der Waals surface area contributed by atoms with E-state index in [-0.39, 0.29) is 5.91 Å². The Bertz CT molecular complexity index is 444. The van der Waals surface area contributed by atoms with Crippen LogP contribution < -0.4 is 0 Å². The fourth-order valence-corrected chi connectivity index (χ4v) is 3.01. The maximum atomic E-state index is 12.2. The lowest BCUT2D eigenvalue weighted by Gasteiger charge is -2.37. The van der Waals surface area contributed by atoms with Gasteiger partial charge >= 0.3 is 0 Å². The van der Waals surface area contributed by atoms with Crippen molar-refractivity contribution in [3.8, 4) is 0 Å². The number of fused-ring (bicyclic) bond motifs is 3. The molecule has 90 valence electrons. The van der Waals surface area contributed by atoms with Gasteiger partial charge in [-0.05, 0) is 24.6 Å². The maximum Gasteiger partial charge on any atom is 0.254 e.